The summed E-state index contributed by atoms with van der Waals surface area (Å²) in [5, 5.41) is 15.2. The Bertz CT molecular complexity index is 471. The summed E-state index contributed by atoms with van der Waals surface area (Å²) >= 11 is 0. The number of nitrogens with one attached hydrogen (secondary N) is 2. The molecule has 5 heteroatoms. The molecule has 0 spiro atoms. The van der Waals surface area contributed by atoms with Crippen LogP contribution in [0.1, 0.15) is 36.5 Å². The topological polar surface area (TPSA) is 70.6 Å². The first-order chi connectivity index (χ1) is 10.3. The Morgan fingerprint density at radius 1 is 1.48 bits per heavy atom. The van der Waals surface area contributed by atoms with Crippen LogP contribution in [-0.2, 0) is 0 Å². The number of amides is 1. The van der Waals surface area contributed by atoms with Crippen LogP contribution in [0.3, 0.4) is 0 Å². The van der Waals surface area contributed by atoms with Crippen LogP contribution in [0.25, 0.3) is 0 Å². The van der Waals surface area contributed by atoms with Crippen molar-refractivity contribution in [3.63, 3.8) is 0 Å². The van der Waals surface area contributed by atoms with Crippen LogP contribution in [0.5, 0.6) is 5.75 Å². The number of carbonyl (C=O) groups is 1. The predicted molar refractivity (Wildman–Crippen MR) is 82.9 cm³/mol. The third-order valence-electron chi connectivity index (χ3n) is 3.71. The first-order valence-corrected chi connectivity index (χ1v) is 7.65. The molecule has 3 N–H and O–H groups in total. The van der Waals surface area contributed by atoms with Gasteiger partial charge in [0.2, 0.25) is 0 Å². The van der Waals surface area contributed by atoms with Crippen LogP contribution < -0.4 is 15.4 Å². The lowest BCUT2D eigenvalue weighted by Gasteiger charge is -2.22. The summed E-state index contributed by atoms with van der Waals surface area (Å²) in [6, 6.07) is 5.55. The first kappa shape index (κ1) is 15.6. The number of benzene rings is 1. The Balaban J connectivity index is 2.00. The number of rotatable bonds is 7. The summed E-state index contributed by atoms with van der Waals surface area (Å²) in [7, 11) is 0. The number of hydrogen-bond donors (Lipinski definition) is 3. The molecular formula is C16H24N2O3. The highest BCUT2D eigenvalue weighted by Crippen LogP contribution is 2.31. The first-order valence-electron chi connectivity index (χ1n) is 7.65. The molecule has 1 aliphatic rings. The SMILES string of the molecule is CCCC(CCO)CNC(=O)c1cccc2c1OCCN2. The van der Waals surface area contributed by atoms with Gasteiger partial charge >= 0.3 is 0 Å². The van der Waals surface area contributed by atoms with Crippen LogP contribution in [-0.4, -0.2) is 37.3 Å². The molecule has 1 heterocycles. The van der Waals surface area contributed by atoms with Gasteiger partial charge in [0.15, 0.2) is 5.75 Å². The summed E-state index contributed by atoms with van der Waals surface area (Å²) in [6.07, 6.45) is 2.78. The molecule has 5 nitrogen and oxygen atoms in total. The number of fused-ring (bicyclic) bond motifs is 1. The molecular weight excluding hydrogens is 268 g/mol. The zero-order chi connectivity index (χ0) is 15.1. The summed E-state index contributed by atoms with van der Waals surface area (Å²) < 4.78 is 5.61. The van der Waals surface area contributed by atoms with Crippen LogP contribution in [0.2, 0.25) is 0 Å². The van der Waals surface area contributed by atoms with Gasteiger partial charge in [-0.15, -0.1) is 0 Å². The lowest BCUT2D eigenvalue weighted by Crippen LogP contribution is -2.31. The number of aliphatic hydroxyl groups excluding tert-OH is 1. The van der Waals surface area contributed by atoms with Crippen molar-refractivity contribution in [1.29, 1.82) is 0 Å². The number of hydrogen-bond acceptors (Lipinski definition) is 4. The van der Waals surface area contributed by atoms with E-state index in [1.807, 2.05) is 12.1 Å². The van der Waals surface area contributed by atoms with E-state index in [2.05, 4.69) is 17.6 Å². The van der Waals surface area contributed by atoms with Crippen molar-refractivity contribution in [2.45, 2.75) is 26.2 Å². The fraction of sp³-hybridized carbons (Fsp3) is 0.562. The fourth-order valence-corrected chi connectivity index (χ4v) is 2.62. The molecule has 0 radical (unpaired) electrons. The Morgan fingerprint density at radius 3 is 3.10 bits per heavy atom. The van der Waals surface area contributed by atoms with E-state index in [9.17, 15) is 4.79 Å². The molecule has 0 aromatic heterocycles. The molecule has 0 aliphatic carbocycles. The van der Waals surface area contributed by atoms with E-state index < -0.39 is 0 Å². The second kappa shape index (κ2) is 7.88. The molecule has 0 fully saturated rings. The van der Waals surface area contributed by atoms with Gasteiger partial charge in [-0.3, -0.25) is 4.79 Å². The molecule has 1 aromatic carbocycles. The van der Waals surface area contributed by atoms with Gasteiger partial charge in [-0.25, -0.2) is 0 Å². The zero-order valence-corrected chi connectivity index (χ0v) is 12.5. The Kier molecular flexibility index (Phi) is 5.87. The minimum absolute atomic E-state index is 0.116. The fourth-order valence-electron chi connectivity index (χ4n) is 2.62. The van der Waals surface area contributed by atoms with Gasteiger partial charge in [-0.05, 0) is 30.9 Å². The molecule has 1 amide bonds. The minimum atomic E-state index is -0.116. The number of para-hydroxylation sites is 1. The number of aliphatic hydroxyl groups is 1. The summed E-state index contributed by atoms with van der Waals surface area (Å²) in [4.78, 5) is 12.3. The predicted octanol–water partition coefficient (Wildman–Crippen LogP) is 2.02. The van der Waals surface area contributed by atoms with Gasteiger partial charge in [-0.1, -0.05) is 19.4 Å². The number of ether oxygens (including phenoxy) is 1. The molecule has 1 unspecified atom stereocenters. The van der Waals surface area contributed by atoms with E-state index in [0.29, 0.717) is 30.4 Å². The van der Waals surface area contributed by atoms with Crippen molar-refractivity contribution in [2.24, 2.45) is 5.92 Å². The van der Waals surface area contributed by atoms with Gasteiger partial charge in [0.25, 0.3) is 5.91 Å². The average molecular weight is 292 g/mol. The Labute approximate surface area is 125 Å². The van der Waals surface area contributed by atoms with Crippen molar-refractivity contribution in [1.82, 2.24) is 5.32 Å². The molecule has 2 rings (SSSR count). The van der Waals surface area contributed by atoms with Crippen molar-refractivity contribution in [3.8, 4) is 5.75 Å². The van der Waals surface area contributed by atoms with Crippen molar-refractivity contribution in [3.05, 3.63) is 23.8 Å². The van der Waals surface area contributed by atoms with Crippen molar-refractivity contribution < 1.29 is 14.6 Å². The monoisotopic (exact) mass is 292 g/mol. The van der Waals surface area contributed by atoms with Gasteiger partial charge < -0.3 is 20.5 Å². The highest BCUT2D eigenvalue weighted by molar-refractivity contribution is 5.98. The van der Waals surface area contributed by atoms with Crippen LogP contribution in [0.4, 0.5) is 5.69 Å². The quantitative estimate of drug-likeness (QED) is 0.719. The van der Waals surface area contributed by atoms with E-state index in [4.69, 9.17) is 9.84 Å². The summed E-state index contributed by atoms with van der Waals surface area (Å²) in [5.74, 6) is 0.840. The minimum Gasteiger partial charge on any atom is -0.489 e. The van der Waals surface area contributed by atoms with Crippen LogP contribution >= 0.6 is 0 Å². The van der Waals surface area contributed by atoms with Gasteiger partial charge in [0.05, 0.1) is 11.3 Å². The molecule has 1 aromatic rings. The standard InChI is InChI=1S/C16H24N2O3/c1-2-4-12(7-9-19)11-18-16(20)13-5-3-6-14-15(13)21-10-8-17-14/h3,5-6,12,17,19H,2,4,7-11H2,1H3,(H,18,20). The second-order valence-electron chi connectivity index (χ2n) is 5.33. The van der Waals surface area contributed by atoms with E-state index in [1.54, 1.807) is 6.07 Å². The molecule has 1 aliphatic heterocycles. The second-order valence-corrected chi connectivity index (χ2v) is 5.33. The Morgan fingerprint density at radius 2 is 2.33 bits per heavy atom. The smallest absolute Gasteiger partial charge is 0.255 e. The maximum Gasteiger partial charge on any atom is 0.255 e. The van der Waals surface area contributed by atoms with E-state index in [0.717, 1.165) is 31.5 Å². The molecule has 116 valence electrons. The van der Waals surface area contributed by atoms with Crippen molar-refractivity contribution in [2.75, 3.05) is 31.6 Å². The van der Waals surface area contributed by atoms with Crippen LogP contribution in [0, 0.1) is 5.92 Å². The lowest BCUT2D eigenvalue weighted by molar-refractivity contribution is 0.0938. The third kappa shape index (κ3) is 4.11. The van der Waals surface area contributed by atoms with Gasteiger partial charge in [0, 0.05) is 19.7 Å². The summed E-state index contributed by atoms with van der Waals surface area (Å²) in [6.45, 7) is 4.19. The molecule has 0 bridgehead atoms. The van der Waals surface area contributed by atoms with E-state index in [1.165, 1.54) is 0 Å². The largest absolute Gasteiger partial charge is 0.489 e. The molecule has 0 saturated carbocycles. The highest BCUT2D eigenvalue weighted by atomic mass is 16.5. The maximum atomic E-state index is 12.3. The van der Waals surface area contributed by atoms with Crippen molar-refractivity contribution >= 4 is 11.6 Å². The maximum absolute atomic E-state index is 12.3. The van der Waals surface area contributed by atoms with E-state index in [-0.39, 0.29) is 12.5 Å². The average Bonchev–Trinajstić information content (AvgIpc) is 2.52. The number of carbonyl (C=O) groups excluding carboxylic acids is 1. The van der Waals surface area contributed by atoms with Crippen LogP contribution in [0.15, 0.2) is 18.2 Å². The molecule has 21 heavy (non-hydrogen) atoms. The third-order valence-corrected chi connectivity index (χ3v) is 3.71. The van der Waals surface area contributed by atoms with Gasteiger partial charge in [-0.2, -0.15) is 0 Å². The number of anilines is 1. The Hall–Kier alpha value is -1.75. The van der Waals surface area contributed by atoms with E-state index >= 15 is 0 Å². The molecule has 0 saturated heterocycles. The lowest BCUT2D eigenvalue weighted by atomic mass is 10.00. The molecule has 1 atom stereocenters. The highest BCUT2D eigenvalue weighted by Gasteiger charge is 2.19. The zero-order valence-electron chi connectivity index (χ0n) is 12.5. The normalized spacial score (nSPS) is 14.6. The summed E-state index contributed by atoms with van der Waals surface area (Å²) in [5.41, 5.74) is 1.44. The van der Waals surface area contributed by atoms with Gasteiger partial charge in [0.1, 0.15) is 6.61 Å².